The van der Waals surface area contributed by atoms with Crippen LogP contribution in [0.15, 0.2) is 60.7 Å². The Morgan fingerprint density at radius 3 is 2.39 bits per heavy atom. The van der Waals surface area contributed by atoms with Crippen LogP contribution in [0.4, 0.5) is 0 Å². The molecule has 2 amide bonds. The lowest BCUT2D eigenvalue weighted by Gasteiger charge is -2.43. The van der Waals surface area contributed by atoms with Crippen molar-refractivity contribution in [3.8, 4) is 0 Å². The van der Waals surface area contributed by atoms with Gasteiger partial charge in [0.1, 0.15) is 12.6 Å². The number of ether oxygens (including phenoxy) is 1. The van der Waals surface area contributed by atoms with Crippen molar-refractivity contribution < 1.29 is 14.3 Å². The lowest BCUT2D eigenvalue weighted by atomic mass is 9.94. The number of likely N-dealkylation sites (tertiary alicyclic amines) is 1. The molecule has 33 heavy (non-hydrogen) atoms. The molecule has 2 aromatic rings. The third kappa shape index (κ3) is 7.39. The zero-order valence-corrected chi connectivity index (χ0v) is 19.5. The first kappa shape index (κ1) is 24.9. The Balaban J connectivity index is 1.77. The van der Waals surface area contributed by atoms with Gasteiger partial charge >= 0.3 is 0 Å². The van der Waals surface area contributed by atoms with Crippen LogP contribution in [0.2, 0.25) is 0 Å². The number of nitrogens with one attached hydrogen (secondary N) is 1. The van der Waals surface area contributed by atoms with Gasteiger partial charge in [0.05, 0.1) is 0 Å². The number of benzene rings is 2. The van der Waals surface area contributed by atoms with Crippen molar-refractivity contribution in [2.75, 3.05) is 39.9 Å². The molecule has 1 fully saturated rings. The summed E-state index contributed by atoms with van der Waals surface area (Å²) in [5.74, 6) is -0.292. The van der Waals surface area contributed by atoms with Crippen LogP contribution < -0.4 is 11.1 Å². The van der Waals surface area contributed by atoms with Gasteiger partial charge in [-0.25, -0.2) is 0 Å². The molecule has 1 saturated heterocycles. The SMILES string of the molecule is COCC(=O)N1CCC(N(CCc2ccccc2)Cc2ccccc2)C[C@@H]1C(=O)NCCN. The molecule has 1 aliphatic rings. The minimum atomic E-state index is -0.520. The normalized spacial score (nSPS) is 18.3. The van der Waals surface area contributed by atoms with Gasteiger partial charge in [-0.15, -0.1) is 0 Å². The molecule has 178 valence electrons. The second-order valence-electron chi connectivity index (χ2n) is 8.49. The van der Waals surface area contributed by atoms with Gasteiger partial charge in [-0.3, -0.25) is 14.5 Å². The molecule has 1 heterocycles. The minimum Gasteiger partial charge on any atom is -0.375 e. The van der Waals surface area contributed by atoms with Crippen LogP contribution in [-0.2, 0) is 27.3 Å². The van der Waals surface area contributed by atoms with E-state index in [4.69, 9.17) is 10.5 Å². The van der Waals surface area contributed by atoms with Gasteiger partial charge in [0.15, 0.2) is 0 Å². The smallest absolute Gasteiger partial charge is 0.249 e. The fraction of sp³-hybridized carbons (Fsp3) is 0.462. The van der Waals surface area contributed by atoms with E-state index >= 15 is 0 Å². The summed E-state index contributed by atoms with van der Waals surface area (Å²) in [6.07, 6.45) is 2.34. The standard InChI is InChI=1S/C26H36N4O3/c1-33-20-25(31)30-17-13-23(18-24(30)26(32)28-15-14-27)29(19-22-10-6-3-7-11-22)16-12-21-8-4-2-5-9-21/h2-11,23-24H,12-20,27H2,1H3,(H,28,32)/t23?,24-/m1/s1. The summed E-state index contributed by atoms with van der Waals surface area (Å²) in [4.78, 5) is 29.7. The Morgan fingerprint density at radius 2 is 1.76 bits per heavy atom. The Kier molecular flexibility index (Phi) is 9.87. The second-order valence-corrected chi connectivity index (χ2v) is 8.49. The van der Waals surface area contributed by atoms with Crippen LogP contribution in [0.3, 0.4) is 0 Å². The number of rotatable bonds is 11. The van der Waals surface area contributed by atoms with Crippen LogP contribution in [0, 0.1) is 0 Å². The number of methoxy groups -OCH3 is 1. The number of nitrogens with zero attached hydrogens (tertiary/aromatic N) is 2. The van der Waals surface area contributed by atoms with Crippen LogP contribution in [0.25, 0.3) is 0 Å². The first-order valence-corrected chi connectivity index (χ1v) is 11.7. The van der Waals surface area contributed by atoms with Crippen LogP contribution >= 0.6 is 0 Å². The van der Waals surface area contributed by atoms with E-state index in [0.29, 0.717) is 26.1 Å². The average molecular weight is 453 g/mol. The van der Waals surface area contributed by atoms with Crippen LogP contribution in [0.1, 0.15) is 24.0 Å². The molecule has 7 heteroatoms. The summed E-state index contributed by atoms with van der Waals surface area (Å²) in [5.41, 5.74) is 8.12. The molecule has 3 rings (SSSR count). The zero-order chi connectivity index (χ0) is 23.5. The fourth-order valence-electron chi connectivity index (χ4n) is 4.47. The maximum Gasteiger partial charge on any atom is 0.249 e. The third-order valence-electron chi connectivity index (χ3n) is 6.18. The van der Waals surface area contributed by atoms with E-state index in [9.17, 15) is 9.59 Å². The number of nitrogens with two attached hydrogens (primary N) is 1. The molecule has 0 saturated carbocycles. The molecular formula is C26H36N4O3. The van der Waals surface area contributed by atoms with E-state index in [-0.39, 0.29) is 24.5 Å². The van der Waals surface area contributed by atoms with Crippen molar-refractivity contribution in [3.05, 3.63) is 71.8 Å². The van der Waals surface area contributed by atoms with Crippen molar-refractivity contribution in [2.45, 2.75) is 37.9 Å². The second kappa shape index (κ2) is 13.1. The molecule has 1 aliphatic heterocycles. The average Bonchev–Trinajstić information content (AvgIpc) is 2.86. The molecule has 1 unspecified atom stereocenters. The van der Waals surface area contributed by atoms with Gasteiger partial charge < -0.3 is 20.7 Å². The molecule has 0 radical (unpaired) electrons. The maximum atomic E-state index is 13.0. The van der Waals surface area contributed by atoms with Gasteiger partial charge in [-0.2, -0.15) is 0 Å². The molecule has 0 bridgehead atoms. The number of carbonyl (C=O) groups excluding carboxylic acids is 2. The van der Waals surface area contributed by atoms with E-state index in [1.807, 2.05) is 12.1 Å². The maximum absolute atomic E-state index is 13.0. The molecular weight excluding hydrogens is 416 g/mol. The largest absolute Gasteiger partial charge is 0.375 e. The minimum absolute atomic E-state index is 0.0208. The summed E-state index contributed by atoms with van der Waals surface area (Å²) >= 11 is 0. The highest BCUT2D eigenvalue weighted by atomic mass is 16.5. The van der Waals surface area contributed by atoms with Gasteiger partial charge in [0.2, 0.25) is 11.8 Å². The molecule has 0 aromatic heterocycles. The summed E-state index contributed by atoms with van der Waals surface area (Å²) in [6, 6.07) is 20.5. The third-order valence-corrected chi connectivity index (χ3v) is 6.18. The number of amides is 2. The first-order chi connectivity index (χ1) is 16.1. The number of hydrogen-bond donors (Lipinski definition) is 2. The molecule has 2 atom stereocenters. The van der Waals surface area contributed by atoms with Gasteiger partial charge in [0, 0.05) is 45.9 Å². The zero-order valence-electron chi connectivity index (χ0n) is 19.5. The summed E-state index contributed by atoms with van der Waals surface area (Å²) in [5, 5.41) is 2.88. The van der Waals surface area contributed by atoms with E-state index in [0.717, 1.165) is 25.9 Å². The van der Waals surface area contributed by atoms with E-state index in [1.54, 1.807) is 4.90 Å². The Bertz CT molecular complexity index is 862. The van der Waals surface area contributed by atoms with Crippen molar-refractivity contribution in [2.24, 2.45) is 5.73 Å². The predicted octanol–water partition coefficient (Wildman–Crippen LogP) is 1.81. The van der Waals surface area contributed by atoms with Crippen LogP contribution in [0.5, 0.6) is 0 Å². The fourth-order valence-corrected chi connectivity index (χ4v) is 4.47. The highest BCUT2D eigenvalue weighted by molar-refractivity contribution is 5.88. The molecule has 3 N–H and O–H groups in total. The topological polar surface area (TPSA) is 87.9 Å². The van der Waals surface area contributed by atoms with Gasteiger partial charge in [-0.1, -0.05) is 60.7 Å². The van der Waals surface area contributed by atoms with Crippen LogP contribution in [-0.4, -0.2) is 73.6 Å². The molecule has 0 spiro atoms. The van der Waals surface area contributed by atoms with Crippen molar-refractivity contribution in [1.82, 2.24) is 15.1 Å². The lowest BCUT2D eigenvalue weighted by molar-refractivity contribution is -0.146. The first-order valence-electron chi connectivity index (χ1n) is 11.7. The summed E-state index contributed by atoms with van der Waals surface area (Å²) in [6.45, 7) is 2.96. The van der Waals surface area contributed by atoms with Crippen molar-refractivity contribution >= 4 is 11.8 Å². The monoisotopic (exact) mass is 452 g/mol. The molecule has 7 nitrogen and oxygen atoms in total. The Hall–Kier alpha value is -2.74. The summed E-state index contributed by atoms with van der Waals surface area (Å²) in [7, 11) is 1.50. The number of piperidine rings is 1. The van der Waals surface area contributed by atoms with Gasteiger partial charge in [0.25, 0.3) is 0 Å². The Labute approximate surface area is 196 Å². The predicted molar refractivity (Wildman–Crippen MR) is 129 cm³/mol. The molecule has 0 aliphatic carbocycles. The number of hydrogen-bond acceptors (Lipinski definition) is 5. The van der Waals surface area contributed by atoms with E-state index in [2.05, 4.69) is 58.7 Å². The van der Waals surface area contributed by atoms with E-state index in [1.165, 1.54) is 18.2 Å². The summed E-state index contributed by atoms with van der Waals surface area (Å²) < 4.78 is 5.05. The van der Waals surface area contributed by atoms with Crippen molar-refractivity contribution in [1.29, 1.82) is 0 Å². The highest BCUT2D eigenvalue weighted by Gasteiger charge is 2.37. The number of carbonyl (C=O) groups is 2. The molecule has 2 aromatic carbocycles. The Morgan fingerprint density at radius 1 is 1.09 bits per heavy atom. The highest BCUT2D eigenvalue weighted by Crippen LogP contribution is 2.25. The van der Waals surface area contributed by atoms with E-state index < -0.39 is 6.04 Å². The van der Waals surface area contributed by atoms with Gasteiger partial charge in [-0.05, 0) is 30.4 Å². The quantitative estimate of drug-likeness (QED) is 0.543. The van der Waals surface area contributed by atoms with Crippen molar-refractivity contribution in [3.63, 3.8) is 0 Å². The lowest BCUT2D eigenvalue weighted by Crippen LogP contribution is -2.58.